The van der Waals surface area contributed by atoms with Crippen LogP contribution in [0.4, 0.5) is 0 Å². The average molecular weight is 235 g/mol. The van der Waals surface area contributed by atoms with E-state index in [2.05, 4.69) is 4.98 Å². The van der Waals surface area contributed by atoms with Gasteiger partial charge in [-0.1, -0.05) is 6.07 Å². The van der Waals surface area contributed by atoms with Gasteiger partial charge in [-0.05, 0) is 23.2 Å². The summed E-state index contributed by atoms with van der Waals surface area (Å²) >= 11 is 1.49. The molecule has 2 N–H and O–H groups in total. The van der Waals surface area contributed by atoms with Gasteiger partial charge in [-0.2, -0.15) is 0 Å². The molecule has 0 saturated heterocycles. The summed E-state index contributed by atoms with van der Waals surface area (Å²) in [5.74, 6) is 0.592. The van der Waals surface area contributed by atoms with Gasteiger partial charge in [0.25, 0.3) is 0 Å². The van der Waals surface area contributed by atoms with Crippen LogP contribution in [0.3, 0.4) is 0 Å². The van der Waals surface area contributed by atoms with Crippen molar-refractivity contribution in [3.05, 3.63) is 29.9 Å². The Balaban J connectivity index is 2.49. The van der Waals surface area contributed by atoms with Gasteiger partial charge in [0.2, 0.25) is 0 Å². The van der Waals surface area contributed by atoms with E-state index >= 15 is 0 Å². The molecular weight excluding hydrogens is 225 g/mol. The lowest BCUT2D eigenvalue weighted by Crippen LogP contribution is -2.29. The minimum absolute atomic E-state index is 0.405. The van der Waals surface area contributed by atoms with Crippen molar-refractivity contribution >= 4 is 23.9 Å². The highest BCUT2D eigenvalue weighted by atomic mass is 32.1. The van der Waals surface area contributed by atoms with Crippen molar-refractivity contribution in [1.29, 1.82) is 0 Å². The first-order chi connectivity index (χ1) is 7.70. The van der Waals surface area contributed by atoms with E-state index in [-0.39, 0.29) is 0 Å². The highest BCUT2D eigenvalue weighted by Gasteiger charge is 2.14. The summed E-state index contributed by atoms with van der Waals surface area (Å²) in [4.78, 5) is 4.94. The van der Waals surface area contributed by atoms with Crippen LogP contribution in [0.15, 0.2) is 29.9 Å². The van der Waals surface area contributed by atoms with E-state index in [1.807, 2.05) is 6.07 Å². The van der Waals surface area contributed by atoms with E-state index in [4.69, 9.17) is 14.8 Å². The van der Waals surface area contributed by atoms with Gasteiger partial charge in [0.05, 0.1) is 17.5 Å². The van der Waals surface area contributed by atoms with Gasteiger partial charge in [0.1, 0.15) is 5.75 Å². The number of hydrogen-bond donors (Lipinski definition) is 2. The SMILES string of the molecule is COc1cc(B(O)O)cc(-c2cncs2)c1. The molecule has 1 aromatic heterocycles. The first-order valence-electron chi connectivity index (χ1n) is 4.64. The zero-order chi connectivity index (χ0) is 11.5. The topological polar surface area (TPSA) is 62.6 Å². The van der Waals surface area contributed by atoms with Crippen molar-refractivity contribution in [1.82, 2.24) is 4.98 Å². The van der Waals surface area contributed by atoms with Gasteiger partial charge in [0.15, 0.2) is 0 Å². The molecule has 0 spiro atoms. The standard InChI is InChI=1S/C10H10BNO3S/c1-15-9-3-7(10-5-12-6-16-10)2-8(4-9)11(13)14/h2-6,13-14H,1H3. The third kappa shape index (κ3) is 2.24. The Bertz CT molecular complexity index is 473. The van der Waals surface area contributed by atoms with Crippen LogP contribution in [0.5, 0.6) is 5.75 Å². The molecule has 1 heterocycles. The number of benzene rings is 1. The van der Waals surface area contributed by atoms with Gasteiger partial charge in [-0.15, -0.1) is 11.3 Å². The van der Waals surface area contributed by atoms with Crippen molar-refractivity contribution in [2.24, 2.45) is 0 Å². The molecule has 4 nitrogen and oxygen atoms in total. The maximum absolute atomic E-state index is 9.15. The first kappa shape index (κ1) is 11.1. The predicted octanol–water partition coefficient (Wildman–Crippen LogP) is 0.498. The van der Waals surface area contributed by atoms with Gasteiger partial charge in [-0.25, -0.2) is 0 Å². The normalized spacial score (nSPS) is 10.2. The lowest BCUT2D eigenvalue weighted by molar-refractivity contribution is 0.412. The van der Waals surface area contributed by atoms with Crippen LogP contribution in [0.2, 0.25) is 0 Å². The summed E-state index contributed by atoms with van der Waals surface area (Å²) in [7, 11) is 0.0426. The van der Waals surface area contributed by atoms with Crippen molar-refractivity contribution in [3.63, 3.8) is 0 Å². The Morgan fingerprint density at radius 1 is 1.31 bits per heavy atom. The largest absolute Gasteiger partial charge is 0.497 e. The monoisotopic (exact) mass is 235 g/mol. The van der Waals surface area contributed by atoms with Crippen LogP contribution < -0.4 is 10.2 Å². The molecule has 0 fully saturated rings. The minimum atomic E-state index is -1.50. The van der Waals surface area contributed by atoms with Crippen LogP contribution >= 0.6 is 11.3 Å². The van der Waals surface area contributed by atoms with Crippen molar-refractivity contribution in [2.45, 2.75) is 0 Å². The summed E-state index contributed by atoms with van der Waals surface area (Å²) in [5.41, 5.74) is 3.00. The number of thiazole rings is 1. The second-order valence-corrected chi connectivity index (χ2v) is 4.12. The second kappa shape index (κ2) is 4.65. The average Bonchev–Trinajstić information content (AvgIpc) is 2.81. The highest BCUT2D eigenvalue weighted by Crippen LogP contribution is 2.25. The van der Waals surface area contributed by atoms with E-state index in [9.17, 15) is 0 Å². The summed E-state index contributed by atoms with van der Waals surface area (Å²) in [6, 6.07) is 5.13. The summed E-state index contributed by atoms with van der Waals surface area (Å²) in [6.45, 7) is 0. The maximum atomic E-state index is 9.15. The van der Waals surface area contributed by atoms with Gasteiger partial charge in [-0.3, -0.25) is 4.98 Å². The number of nitrogens with zero attached hydrogens (tertiary/aromatic N) is 1. The molecule has 0 bridgehead atoms. The molecule has 0 aliphatic carbocycles. The fourth-order valence-corrected chi connectivity index (χ4v) is 2.00. The Morgan fingerprint density at radius 2 is 2.12 bits per heavy atom. The minimum Gasteiger partial charge on any atom is -0.497 e. The number of hydrogen-bond acceptors (Lipinski definition) is 5. The van der Waals surface area contributed by atoms with Crippen molar-refractivity contribution in [3.8, 4) is 16.2 Å². The summed E-state index contributed by atoms with van der Waals surface area (Å²) in [5, 5.41) is 18.3. The molecule has 0 unspecified atom stereocenters. The molecule has 0 amide bonds. The van der Waals surface area contributed by atoms with Crippen LogP contribution in [0.1, 0.15) is 0 Å². The fraction of sp³-hybridized carbons (Fsp3) is 0.100. The molecule has 0 saturated carbocycles. The zero-order valence-electron chi connectivity index (χ0n) is 8.62. The molecule has 2 aromatic rings. The van der Waals surface area contributed by atoms with Crippen molar-refractivity contribution in [2.75, 3.05) is 7.11 Å². The van der Waals surface area contributed by atoms with Gasteiger partial charge >= 0.3 is 7.12 Å². The highest BCUT2D eigenvalue weighted by molar-refractivity contribution is 7.13. The number of rotatable bonds is 3. The Kier molecular flexibility index (Phi) is 3.23. The Hall–Kier alpha value is -1.37. The molecule has 0 aliphatic rings. The quantitative estimate of drug-likeness (QED) is 0.760. The van der Waals surface area contributed by atoms with Crippen LogP contribution in [-0.4, -0.2) is 29.3 Å². The molecule has 0 radical (unpaired) electrons. The van der Waals surface area contributed by atoms with E-state index in [0.29, 0.717) is 11.2 Å². The summed E-state index contributed by atoms with van der Waals surface area (Å²) in [6.07, 6.45) is 1.73. The van der Waals surface area contributed by atoms with E-state index in [1.165, 1.54) is 11.3 Å². The van der Waals surface area contributed by atoms with Crippen LogP contribution in [-0.2, 0) is 0 Å². The predicted molar refractivity (Wildman–Crippen MR) is 63.9 cm³/mol. The second-order valence-electron chi connectivity index (χ2n) is 3.23. The van der Waals surface area contributed by atoms with Gasteiger partial charge < -0.3 is 14.8 Å². The van der Waals surface area contributed by atoms with Gasteiger partial charge in [0, 0.05) is 6.20 Å². The molecule has 1 aromatic carbocycles. The maximum Gasteiger partial charge on any atom is 0.488 e. The fourth-order valence-electron chi connectivity index (χ4n) is 1.39. The molecular formula is C10H10BNO3S. The van der Waals surface area contributed by atoms with Crippen LogP contribution in [0, 0.1) is 0 Å². The Morgan fingerprint density at radius 3 is 2.69 bits per heavy atom. The van der Waals surface area contributed by atoms with E-state index < -0.39 is 7.12 Å². The van der Waals surface area contributed by atoms with Crippen molar-refractivity contribution < 1.29 is 14.8 Å². The van der Waals surface area contributed by atoms with E-state index in [1.54, 1.807) is 30.9 Å². The molecule has 6 heteroatoms. The number of methoxy groups -OCH3 is 1. The molecule has 0 atom stereocenters. The number of aromatic nitrogens is 1. The van der Waals surface area contributed by atoms with E-state index in [0.717, 1.165) is 10.4 Å². The number of ether oxygens (including phenoxy) is 1. The smallest absolute Gasteiger partial charge is 0.488 e. The lowest BCUT2D eigenvalue weighted by Gasteiger charge is -2.07. The third-order valence-electron chi connectivity index (χ3n) is 2.18. The zero-order valence-corrected chi connectivity index (χ0v) is 9.44. The molecule has 82 valence electrons. The first-order valence-corrected chi connectivity index (χ1v) is 5.52. The molecule has 2 rings (SSSR count). The Labute approximate surface area is 97.3 Å². The molecule has 16 heavy (non-hydrogen) atoms. The third-order valence-corrected chi connectivity index (χ3v) is 3.00. The lowest BCUT2D eigenvalue weighted by atomic mass is 9.79. The van der Waals surface area contributed by atoms with Crippen LogP contribution in [0.25, 0.3) is 10.4 Å². The molecule has 0 aliphatic heterocycles. The summed E-state index contributed by atoms with van der Waals surface area (Å²) < 4.78 is 5.11.